The maximum Gasteiger partial charge on any atom is 0.328 e. The van der Waals surface area contributed by atoms with Gasteiger partial charge in [-0.2, -0.15) is 0 Å². The number of anilines is 1. The van der Waals surface area contributed by atoms with Gasteiger partial charge in [-0.3, -0.25) is 33.6 Å². The van der Waals surface area contributed by atoms with Crippen LogP contribution in [-0.2, 0) is 56.1 Å². The molecule has 0 spiro atoms. The molecule has 3 atom stereocenters. The Labute approximate surface area is 286 Å². The van der Waals surface area contributed by atoms with Crippen LogP contribution in [0.5, 0.6) is 0 Å². The van der Waals surface area contributed by atoms with E-state index in [9.17, 15) is 38.4 Å². The Kier molecular flexibility index (Phi) is 15.3. The van der Waals surface area contributed by atoms with E-state index in [1.807, 2.05) is 0 Å². The Hall–Kier alpha value is -5.88. The summed E-state index contributed by atoms with van der Waals surface area (Å²) in [5.41, 5.74) is 7.54. The van der Waals surface area contributed by atoms with Crippen LogP contribution in [0, 0.1) is 0 Å². The van der Waals surface area contributed by atoms with Crippen molar-refractivity contribution in [1.82, 2.24) is 31.9 Å². The summed E-state index contributed by atoms with van der Waals surface area (Å²) in [6.07, 6.45) is -0.0446. The number of rotatable bonds is 18. The van der Waals surface area contributed by atoms with Gasteiger partial charge >= 0.3 is 5.97 Å². The molecular weight excluding hydrogens is 656 g/mol. The van der Waals surface area contributed by atoms with Crippen molar-refractivity contribution in [1.29, 1.82) is 0 Å². The first-order valence-electron chi connectivity index (χ1n) is 15.6. The van der Waals surface area contributed by atoms with Crippen molar-refractivity contribution in [3.05, 3.63) is 65.7 Å². The number of amides is 7. The molecule has 268 valence electrons. The van der Waals surface area contributed by atoms with Gasteiger partial charge in [0.15, 0.2) is 0 Å². The third-order valence-electron chi connectivity index (χ3n) is 7.11. The molecule has 2 aromatic carbocycles. The van der Waals surface area contributed by atoms with E-state index < -0.39 is 98.0 Å². The van der Waals surface area contributed by atoms with E-state index in [0.717, 1.165) is 5.56 Å². The molecule has 2 aromatic rings. The van der Waals surface area contributed by atoms with Gasteiger partial charge < -0.3 is 52.8 Å². The Morgan fingerprint density at radius 1 is 0.740 bits per heavy atom. The topological polar surface area (TPSA) is 276 Å². The number of ether oxygens (including phenoxy) is 1. The molecule has 10 N–H and O–H groups in total. The van der Waals surface area contributed by atoms with Gasteiger partial charge in [0.25, 0.3) is 0 Å². The van der Waals surface area contributed by atoms with Crippen LogP contribution in [0.4, 0.5) is 5.69 Å². The van der Waals surface area contributed by atoms with Gasteiger partial charge in [0.2, 0.25) is 41.4 Å². The number of esters is 1. The van der Waals surface area contributed by atoms with E-state index in [0.29, 0.717) is 17.7 Å². The van der Waals surface area contributed by atoms with Crippen LogP contribution in [0.25, 0.3) is 0 Å². The molecule has 1 fully saturated rings. The molecule has 1 aliphatic heterocycles. The summed E-state index contributed by atoms with van der Waals surface area (Å²) in [5.74, 6) is -5.41. The van der Waals surface area contributed by atoms with Gasteiger partial charge in [-0.05, 0) is 23.3 Å². The third-order valence-corrected chi connectivity index (χ3v) is 7.11. The number of aliphatic hydroxyl groups excluding tert-OH is 1. The number of nitrogens with two attached hydrogens (primary N) is 1. The van der Waals surface area contributed by atoms with Crippen LogP contribution in [0.3, 0.4) is 0 Å². The Balaban J connectivity index is 1.38. The largest absolute Gasteiger partial charge is 0.464 e. The van der Waals surface area contributed by atoms with Gasteiger partial charge in [0, 0.05) is 18.5 Å². The fourth-order valence-corrected chi connectivity index (χ4v) is 4.45. The average molecular weight is 697 g/mol. The number of nitrogens with one attached hydrogen (secondary N) is 7. The zero-order valence-electron chi connectivity index (χ0n) is 27.0. The highest BCUT2D eigenvalue weighted by atomic mass is 16.5. The molecule has 0 aliphatic carbocycles. The SMILES string of the molecule is N[C@@H](CC(=O)N[C@H]1CCOC1=O)C(=O)NCC(=O)NCC(=O)NCC(=O)N[C@@H](Cc1ccccc1)C(=O)NCC(=O)Nc1ccc(CO)cc1. The predicted molar refractivity (Wildman–Crippen MR) is 175 cm³/mol. The predicted octanol–water partition coefficient (Wildman–Crippen LogP) is -3.54. The van der Waals surface area contributed by atoms with Crippen molar-refractivity contribution in [3.63, 3.8) is 0 Å². The van der Waals surface area contributed by atoms with Gasteiger partial charge in [-0.15, -0.1) is 0 Å². The highest BCUT2D eigenvalue weighted by Crippen LogP contribution is 2.09. The number of aliphatic hydroxyl groups is 1. The molecule has 0 saturated carbocycles. The lowest BCUT2D eigenvalue weighted by atomic mass is 10.1. The highest BCUT2D eigenvalue weighted by molar-refractivity contribution is 5.97. The Bertz CT molecular complexity index is 1540. The Morgan fingerprint density at radius 3 is 1.96 bits per heavy atom. The fraction of sp³-hybridized carbons (Fsp3) is 0.375. The second-order valence-corrected chi connectivity index (χ2v) is 11.1. The number of cyclic esters (lactones) is 1. The molecule has 18 heteroatoms. The molecule has 50 heavy (non-hydrogen) atoms. The molecule has 1 heterocycles. The quantitative estimate of drug-likeness (QED) is 0.0689. The van der Waals surface area contributed by atoms with Gasteiger partial charge in [0.05, 0.1) is 51.9 Å². The van der Waals surface area contributed by atoms with Crippen molar-refractivity contribution in [2.24, 2.45) is 5.73 Å². The number of hydrogen-bond donors (Lipinski definition) is 9. The standard InChI is InChI=1S/C32H40N8O10/c33-22(13-25(42)39-23-10-11-50-32(23)49)30(47)36-15-27(44)34-14-26(43)35-16-29(46)40-24(12-19-4-2-1-3-5-19)31(48)37-17-28(45)38-21-8-6-20(18-41)7-9-21/h1-9,22-24,41H,10-18,33H2,(H,34,44)(H,35,43)(H,36,47)(H,37,48)(H,38,45)(H,39,42)(H,40,46)/t22-,23-,24-/m0/s1. The normalized spacial score (nSPS) is 14.6. The van der Waals surface area contributed by atoms with Crippen LogP contribution >= 0.6 is 0 Å². The van der Waals surface area contributed by atoms with Crippen molar-refractivity contribution in [2.75, 3.05) is 38.1 Å². The van der Waals surface area contributed by atoms with Crippen molar-refractivity contribution in [3.8, 4) is 0 Å². The van der Waals surface area contributed by atoms with Gasteiger partial charge in [-0.25, -0.2) is 4.79 Å². The number of carbonyl (C=O) groups is 8. The molecule has 18 nitrogen and oxygen atoms in total. The van der Waals surface area contributed by atoms with E-state index in [1.165, 1.54) is 0 Å². The van der Waals surface area contributed by atoms with Crippen LogP contribution in [0.1, 0.15) is 24.0 Å². The summed E-state index contributed by atoms with van der Waals surface area (Å²) in [7, 11) is 0. The third kappa shape index (κ3) is 13.7. The van der Waals surface area contributed by atoms with Crippen LogP contribution in [0.2, 0.25) is 0 Å². The van der Waals surface area contributed by atoms with E-state index in [2.05, 4.69) is 37.2 Å². The highest BCUT2D eigenvalue weighted by Gasteiger charge is 2.29. The second-order valence-electron chi connectivity index (χ2n) is 11.1. The minimum absolute atomic E-state index is 0.0852. The molecule has 0 unspecified atom stereocenters. The molecule has 0 aromatic heterocycles. The van der Waals surface area contributed by atoms with E-state index in [1.54, 1.807) is 54.6 Å². The number of benzene rings is 2. The molecule has 0 bridgehead atoms. The summed E-state index contributed by atoms with van der Waals surface area (Å²) in [5, 5.41) is 26.0. The molecule has 3 rings (SSSR count). The monoisotopic (exact) mass is 696 g/mol. The second kappa shape index (κ2) is 19.8. The maximum atomic E-state index is 13.0. The van der Waals surface area contributed by atoms with Crippen molar-refractivity contribution < 1.29 is 48.2 Å². The van der Waals surface area contributed by atoms with Gasteiger partial charge in [0.1, 0.15) is 12.1 Å². The van der Waals surface area contributed by atoms with E-state index in [-0.39, 0.29) is 19.6 Å². The van der Waals surface area contributed by atoms with Crippen LogP contribution in [-0.4, -0.2) is 103 Å². The molecule has 1 aliphatic rings. The van der Waals surface area contributed by atoms with Crippen molar-refractivity contribution in [2.45, 2.75) is 44.0 Å². The zero-order chi connectivity index (χ0) is 36.5. The molecular formula is C32H40N8O10. The minimum atomic E-state index is -1.30. The van der Waals surface area contributed by atoms with Crippen LogP contribution < -0.4 is 43.0 Å². The molecule has 7 amide bonds. The lowest BCUT2D eigenvalue weighted by Crippen LogP contribution is -2.52. The fourth-order valence-electron chi connectivity index (χ4n) is 4.45. The molecule has 1 saturated heterocycles. The smallest absolute Gasteiger partial charge is 0.328 e. The van der Waals surface area contributed by atoms with Crippen molar-refractivity contribution >= 4 is 53.0 Å². The number of carbonyl (C=O) groups excluding carboxylic acids is 8. The Morgan fingerprint density at radius 2 is 1.34 bits per heavy atom. The zero-order valence-corrected chi connectivity index (χ0v) is 27.0. The lowest BCUT2D eigenvalue weighted by molar-refractivity contribution is -0.141. The summed E-state index contributed by atoms with van der Waals surface area (Å²) in [6, 6.07) is 12.1. The van der Waals surface area contributed by atoms with Gasteiger partial charge in [-0.1, -0.05) is 42.5 Å². The van der Waals surface area contributed by atoms with E-state index >= 15 is 0 Å². The first-order valence-corrected chi connectivity index (χ1v) is 15.6. The minimum Gasteiger partial charge on any atom is -0.464 e. The summed E-state index contributed by atoms with van der Waals surface area (Å²) < 4.78 is 4.74. The molecule has 0 radical (unpaired) electrons. The summed E-state index contributed by atoms with van der Waals surface area (Å²) in [4.78, 5) is 97.9. The lowest BCUT2D eigenvalue weighted by Gasteiger charge is -2.19. The van der Waals surface area contributed by atoms with E-state index in [4.69, 9.17) is 15.6 Å². The summed E-state index contributed by atoms with van der Waals surface area (Å²) >= 11 is 0. The first kappa shape index (κ1) is 38.6. The first-order chi connectivity index (χ1) is 23.9. The summed E-state index contributed by atoms with van der Waals surface area (Å²) in [6.45, 7) is -1.99. The number of hydrogen-bond acceptors (Lipinski definition) is 11. The van der Waals surface area contributed by atoms with Crippen LogP contribution in [0.15, 0.2) is 54.6 Å². The average Bonchev–Trinajstić information content (AvgIpc) is 3.51. The maximum absolute atomic E-state index is 13.0.